The first-order chi connectivity index (χ1) is 10.1. The van der Waals surface area contributed by atoms with E-state index in [1.807, 2.05) is 18.7 Å². The zero-order valence-corrected chi connectivity index (χ0v) is 13.1. The van der Waals surface area contributed by atoms with Crippen molar-refractivity contribution in [1.29, 1.82) is 0 Å². The minimum atomic E-state index is 0.666. The molecule has 0 unspecified atom stereocenters. The van der Waals surface area contributed by atoms with Crippen LogP contribution in [0.4, 0.5) is 0 Å². The average molecular weight is 303 g/mol. The maximum atomic E-state index is 6.35. The fourth-order valence-electron chi connectivity index (χ4n) is 2.70. The van der Waals surface area contributed by atoms with Crippen molar-refractivity contribution in [3.8, 4) is 0 Å². The maximum absolute atomic E-state index is 6.35. The fraction of sp³-hybridized carbons (Fsp3) is 0.312. The van der Waals surface area contributed by atoms with Crippen LogP contribution in [0.15, 0.2) is 30.5 Å². The summed E-state index contributed by atoms with van der Waals surface area (Å²) in [6.45, 7) is 3.31. The Morgan fingerprint density at radius 3 is 2.76 bits per heavy atom. The van der Waals surface area contributed by atoms with Gasteiger partial charge in [-0.05, 0) is 43.0 Å². The van der Waals surface area contributed by atoms with Gasteiger partial charge in [0.1, 0.15) is 0 Å². The summed E-state index contributed by atoms with van der Waals surface area (Å²) in [5, 5.41) is 6.35. The molecular weight excluding hydrogens is 284 g/mol. The van der Waals surface area contributed by atoms with Crippen molar-refractivity contribution in [2.45, 2.75) is 19.9 Å². The lowest BCUT2D eigenvalue weighted by Gasteiger charge is -2.08. The summed E-state index contributed by atoms with van der Waals surface area (Å²) in [6.07, 6.45) is 2.99. The molecule has 0 radical (unpaired) electrons. The van der Waals surface area contributed by atoms with E-state index in [0.29, 0.717) is 13.1 Å². The van der Waals surface area contributed by atoms with Crippen molar-refractivity contribution in [2.75, 3.05) is 6.54 Å². The Balaban J connectivity index is 2.02. The molecule has 0 saturated carbocycles. The molecule has 2 heterocycles. The van der Waals surface area contributed by atoms with E-state index in [0.717, 1.165) is 22.8 Å². The molecule has 0 saturated heterocycles. The summed E-state index contributed by atoms with van der Waals surface area (Å²) in [4.78, 5) is 0. The Morgan fingerprint density at radius 2 is 2.10 bits per heavy atom. The second-order valence-corrected chi connectivity index (χ2v) is 5.72. The van der Waals surface area contributed by atoms with E-state index in [9.17, 15) is 0 Å². The monoisotopic (exact) mass is 302 g/mol. The van der Waals surface area contributed by atoms with Gasteiger partial charge in [0, 0.05) is 18.8 Å². The summed E-state index contributed by atoms with van der Waals surface area (Å²) in [5.74, 6) is 0. The summed E-state index contributed by atoms with van der Waals surface area (Å²) in [7, 11) is 1.93. The molecule has 0 atom stereocenters. The van der Waals surface area contributed by atoms with E-state index in [2.05, 4.69) is 40.1 Å². The Kier molecular flexibility index (Phi) is 3.74. The third-order valence-corrected chi connectivity index (χ3v) is 4.34. The van der Waals surface area contributed by atoms with Crippen molar-refractivity contribution in [2.24, 2.45) is 12.8 Å². The predicted octanol–water partition coefficient (Wildman–Crippen LogP) is 2.89. The van der Waals surface area contributed by atoms with Crippen LogP contribution in [0.5, 0.6) is 0 Å². The molecule has 3 aromatic rings. The number of aromatic nitrogens is 3. The van der Waals surface area contributed by atoms with Crippen LogP contribution < -0.4 is 5.73 Å². The standard InChI is InChI=1S/C16H19ClN4/c1-11-16(17)15(20(2)19-11)10-21-8-6-13-4-3-12(5-7-18)9-14(13)21/h3-4,6,8-9H,5,7,10,18H2,1-2H3. The minimum absolute atomic E-state index is 0.666. The molecule has 2 N–H and O–H groups in total. The number of rotatable bonds is 4. The Hall–Kier alpha value is -1.78. The molecule has 5 heteroatoms. The number of nitrogens with zero attached hydrogens (tertiary/aromatic N) is 3. The molecular formula is C16H19ClN4. The van der Waals surface area contributed by atoms with Gasteiger partial charge in [0.25, 0.3) is 0 Å². The Morgan fingerprint density at radius 1 is 1.29 bits per heavy atom. The zero-order chi connectivity index (χ0) is 15.0. The fourth-order valence-corrected chi connectivity index (χ4v) is 2.92. The van der Waals surface area contributed by atoms with E-state index < -0.39 is 0 Å². The minimum Gasteiger partial charge on any atom is -0.341 e. The molecule has 3 rings (SSSR count). The summed E-state index contributed by atoms with van der Waals surface area (Å²) in [6, 6.07) is 8.62. The van der Waals surface area contributed by atoms with Gasteiger partial charge >= 0.3 is 0 Å². The summed E-state index contributed by atoms with van der Waals surface area (Å²) in [5.41, 5.74) is 10.0. The highest BCUT2D eigenvalue weighted by Gasteiger charge is 2.12. The van der Waals surface area contributed by atoms with Gasteiger partial charge in [-0.1, -0.05) is 23.7 Å². The van der Waals surface area contributed by atoms with Crippen LogP contribution in [-0.4, -0.2) is 20.9 Å². The molecule has 2 aromatic heterocycles. The Bertz CT molecular complexity index is 785. The van der Waals surface area contributed by atoms with E-state index in [1.165, 1.54) is 16.5 Å². The normalized spacial score (nSPS) is 11.4. The van der Waals surface area contributed by atoms with Crippen molar-refractivity contribution in [3.63, 3.8) is 0 Å². The number of hydrogen-bond acceptors (Lipinski definition) is 2. The van der Waals surface area contributed by atoms with Crippen molar-refractivity contribution in [3.05, 3.63) is 52.4 Å². The van der Waals surface area contributed by atoms with Gasteiger partial charge in [0.2, 0.25) is 0 Å². The first-order valence-electron chi connectivity index (χ1n) is 7.06. The largest absolute Gasteiger partial charge is 0.341 e. The van der Waals surface area contributed by atoms with Crippen molar-refractivity contribution < 1.29 is 0 Å². The molecule has 0 bridgehead atoms. The topological polar surface area (TPSA) is 48.8 Å². The van der Waals surface area contributed by atoms with Crippen molar-refractivity contribution in [1.82, 2.24) is 14.3 Å². The van der Waals surface area contributed by atoms with Crippen LogP contribution in [0.2, 0.25) is 5.02 Å². The lowest BCUT2D eigenvalue weighted by molar-refractivity contribution is 0.673. The van der Waals surface area contributed by atoms with E-state index in [-0.39, 0.29) is 0 Å². The molecule has 21 heavy (non-hydrogen) atoms. The molecule has 0 aliphatic rings. The van der Waals surface area contributed by atoms with Gasteiger partial charge < -0.3 is 10.3 Å². The number of benzene rings is 1. The van der Waals surface area contributed by atoms with Crippen LogP contribution in [0.25, 0.3) is 10.9 Å². The number of halogens is 1. The highest BCUT2D eigenvalue weighted by atomic mass is 35.5. The summed E-state index contributed by atoms with van der Waals surface area (Å²) < 4.78 is 4.06. The second-order valence-electron chi connectivity index (χ2n) is 5.35. The van der Waals surface area contributed by atoms with E-state index in [4.69, 9.17) is 17.3 Å². The van der Waals surface area contributed by atoms with E-state index in [1.54, 1.807) is 0 Å². The Labute approximate surface area is 129 Å². The highest BCUT2D eigenvalue weighted by molar-refractivity contribution is 6.31. The predicted molar refractivity (Wildman–Crippen MR) is 86.8 cm³/mol. The third-order valence-electron chi connectivity index (χ3n) is 3.85. The zero-order valence-electron chi connectivity index (χ0n) is 12.3. The number of aryl methyl sites for hydroxylation is 2. The molecule has 0 fully saturated rings. The van der Waals surface area contributed by atoms with Gasteiger partial charge in [0.05, 0.1) is 23.0 Å². The maximum Gasteiger partial charge on any atom is 0.0865 e. The lowest BCUT2D eigenvalue weighted by Crippen LogP contribution is -2.06. The highest BCUT2D eigenvalue weighted by Crippen LogP contribution is 2.24. The molecule has 110 valence electrons. The van der Waals surface area contributed by atoms with Crippen molar-refractivity contribution >= 4 is 22.5 Å². The van der Waals surface area contributed by atoms with Gasteiger partial charge in [-0.2, -0.15) is 5.10 Å². The number of fused-ring (bicyclic) bond motifs is 1. The quantitative estimate of drug-likeness (QED) is 0.805. The van der Waals surface area contributed by atoms with Gasteiger partial charge in [-0.3, -0.25) is 4.68 Å². The average Bonchev–Trinajstić information content (AvgIpc) is 2.96. The van der Waals surface area contributed by atoms with Crippen LogP contribution in [0.3, 0.4) is 0 Å². The lowest BCUT2D eigenvalue weighted by atomic mass is 10.1. The van der Waals surface area contributed by atoms with Crippen LogP contribution in [-0.2, 0) is 20.0 Å². The van der Waals surface area contributed by atoms with Crippen LogP contribution >= 0.6 is 11.6 Å². The smallest absolute Gasteiger partial charge is 0.0865 e. The molecule has 1 aromatic carbocycles. The number of nitrogens with two attached hydrogens (primary N) is 1. The SMILES string of the molecule is Cc1nn(C)c(Cn2ccc3ccc(CCN)cc32)c1Cl. The van der Waals surface area contributed by atoms with Gasteiger partial charge in [-0.25, -0.2) is 0 Å². The number of hydrogen-bond donors (Lipinski definition) is 1. The van der Waals surface area contributed by atoms with Gasteiger partial charge in [-0.15, -0.1) is 0 Å². The molecule has 0 aliphatic carbocycles. The first-order valence-corrected chi connectivity index (χ1v) is 7.43. The van der Waals surface area contributed by atoms with Gasteiger partial charge in [0.15, 0.2) is 0 Å². The summed E-state index contributed by atoms with van der Waals surface area (Å²) >= 11 is 6.35. The molecule has 0 spiro atoms. The second kappa shape index (κ2) is 5.54. The van der Waals surface area contributed by atoms with Crippen LogP contribution in [0.1, 0.15) is 17.0 Å². The molecule has 4 nitrogen and oxygen atoms in total. The van der Waals surface area contributed by atoms with Crippen LogP contribution in [0, 0.1) is 6.92 Å². The van der Waals surface area contributed by atoms with E-state index >= 15 is 0 Å². The first kappa shape index (κ1) is 14.2. The molecule has 0 aliphatic heterocycles. The third kappa shape index (κ3) is 2.57. The molecule has 0 amide bonds.